The first-order valence-electron chi connectivity index (χ1n) is 14.2. The van der Waals surface area contributed by atoms with Crippen molar-refractivity contribution in [1.82, 2.24) is 23.8 Å². The Balaban J connectivity index is 0.00000289. The van der Waals surface area contributed by atoms with Crippen molar-refractivity contribution in [2.45, 2.75) is 13.8 Å². The van der Waals surface area contributed by atoms with E-state index in [9.17, 15) is 0 Å². The normalized spacial score (nSPS) is 11.7. The van der Waals surface area contributed by atoms with Gasteiger partial charge in [-0.3, -0.25) is 15.0 Å². The molecule has 0 N–H and O–H groups in total. The van der Waals surface area contributed by atoms with Crippen LogP contribution in [0.3, 0.4) is 0 Å². The number of imidazole rings is 2. The van der Waals surface area contributed by atoms with Gasteiger partial charge in [0.05, 0.1) is 28.0 Å². The van der Waals surface area contributed by atoms with Crippen molar-refractivity contribution in [3.63, 3.8) is 0 Å². The topological polar surface area (TPSA) is 56.7 Å². The van der Waals surface area contributed by atoms with Crippen LogP contribution in [0.1, 0.15) is 11.4 Å². The zero-order valence-electron chi connectivity index (χ0n) is 23.8. The second-order valence-corrected chi connectivity index (χ2v) is 10.8. The molecule has 7 heteroatoms. The molecule has 0 bridgehead atoms. The van der Waals surface area contributed by atoms with Crippen LogP contribution in [0.25, 0.3) is 66.0 Å². The van der Waals surface area contributed by atoms with Crippen LogP contribution < -0.4 is 4.74 Å². The average Bonchev–Trinajstić information content (AvgIpc) is 3.64. The summed E-state index contributed by atoms with van der Waals surface area (Å²) in [6, 6.07) is 37.7. The molecule has 0 amide bonds. The maximum absolute atomic E-state index is 6.44. The smallest absolute Gasteiger partial charge is 0.497 e. The number of hydrogen-bond donors (Lipinski definition) is 0. The number of aryl methyl sites for hydroxylation is 2. The third-order valence-electron chi connectivity index (χ3n) is 8.36. The molecule has 0 unspecified atom stereocenters. The zero-order chi connectivity index (χ0) is 28.7. The van der Waals surface area contributed by atoms with Gasteiger partial charge in [0.15, 0.2) is 0 Å². The van der Waals surface area contributed by atoms with Crippen LogP contribution in [0.4, 0.5) is 0 Å². The van der Waals surface area contributed by atoms with Crippen molar-refractivity contribution in [3.8, 4) is 22.8 Å². The number of hydrogen-bond acceptors (Lipinski definition) is 4. The van der Waals surface area contributed by atoms with Gasteiger partial charge in [-0.1, -0.05) is 94.3 Å². The summed E-state index contributed by atoms with van der Waals surface area (Å²) in [7, 11) is 0. The molecule has 212 valence electrons. The summed E-state index contributed by atoms with van der Waals surface area (Å²) in [4.78, 5) is 14.7. The summed E-state index contributed by atoms with van der Waals surface area (Å²) < 4.78 is 10.8. The predicted octanol–water partition coefficient (Wildman–Crippen LogP) is 8.66. The first kappa shape index (κ1) is 26.6. The fourth-order valence-corrected chi connectivity index (χ4v) is 6.22. The fraction of sp³-hybridized carbons (Fsp3) is 0.0541. The molecule has 9 rings (SSSR count). The van der Waals surface area contributed by atoms with E-state index in [1.54, 1.807) is 0 Å². The third kappa shape index (κ3) is 3.88. The van der Waals surface area contributed by atoms with Crippen molar-refractivity contribution < 1.29 is 25.8 Å². The molecule has 0 aliphatic heterocycles. The Bertz CT molecular complexity index is 2570. The number of nitrogens with zero attached hydrogens (tertiary/aromatic N) is 5. The van der Waals surface area contributed by atoms with Crippen molar-refractivity contribution >= 4 is 54.8 Å². The SMILES string of the molecule is Cc1nc2c3[c-]c(Oc4[c-]c5c(cc4)c4ncccc4n4cc(-c6ccccc6)nc54)ccc3c3ccccc3n2c1C.[Pt+2]. The van der Waals surface area contributed by atoms with E-state index in [2.05, 4.69) is 82.6 Å². The summed E-state index contributed by atoms with van der Waals surface area (Å²) in [5.41, 5.74) is 8.76. The maximum Gasteiger partial charge on any atom is 2.00 e. The molecule has 4 aromatic carbocycles. The summed E-state index contributed by atoms with van der Waals surface area (Å²) >= 11 is 0. The van der Waals surface area contributed by atoms with Crippen LogP contribution in [0.15, 0.2) is 103 Å². The standard InChI is InChI=1S/C37H23N5O.Pt/c1-22-23(2)42-33-12-7-6-11-28(33)27-16-14-25(19-30(27)37(42)39-22)43-26-15-17-29-31(20-26)36-40-32(24-9-4-3-5-10-24)21-41(36)34-13-8-18-38-35(29)34;/h3-18,21H,1-2H3;/q-2;+2. The summed E-state index contributed by atoms with van der Waals surface area (Å²) in [5, 5.41) is 4.99. The number of benzene rings is 4. The van der Waals surface area contributed by atoms with Crippen LogP contribution >= 0.6 is 0 Å². The minimum atomic E-state index is 0. The van der Waals surface area contributed by atoms with Gasteiger partial charge in [0.1, 0.15) is 0 Å². The van der Waals surface area contributed by atoms with E-state index in [4.69, 9.17) is 19.7 Å². The van der Waals surface area contributed by atoms with Gasteiger partial charge in [-0.2, -0.15) is 0 Å². The van der Waals surface area contributed by atoms with E-state index in [1.807, 2.05) is 55.6 Å². The van der Waals surface area contributed by atoms with Crippen molar-refractivity contribution in [3.05, 3.63) is 127 Å². The third-order valence-corrected chi connectivity index (χ3v) is 8.36. The molecule has 6 nitrogen and oxygen atoms in total. The fourth-order valence-electron chi connectivity index (χ4n) is 6.22. The van der Waals surface area contributed by atoms with Crippen molar-refractivity contribution in [2.75, 3.05) is 0 Å². The van der Waals surface area contributed by atoms with Crippen molar-refractivity contribution in [1.29, 1.82) is 0 Å². The molecule has 9 aromatic rings. The van der Waals surface area contributed by atoms with Gasteiger partial charge in [0.25, 0.3) is 0 Å². The molecule has 0 atom stereocenters. The Morgan fingerprint density at radius 3 is 2.18 bits per heavy atom. The van der Waals surface area contributed by atoms with Gasteiger partial charge in [-0.15, -0.1) is 12.1 Å². The number of pyridine rings is 3. The maximum atomic E-state index is 6.44. The van der Waals surface area contributed by atoms with Crippen LogP contribution in [0, 0.1) is 26.0 Å². The Kier molecular flexibility index (Phi) is 6.04. The molecule has 0 radical (unpaired) electrons. The van der Waals surface area contributed by atoms with Crippen LogP contribution in [-0.4, -0.2) is 23.8 Å². The van der Waals surface area contributed by atoms with Crippen molar-refractivity contribution in [2.24, 2.45) is 0 Å². The van der Waals surface area contributed by atoms with E-state index in [0.717, 1.165) is 77.4 Å². The van der Waals surface area contributed by atoms with Gasteiger partial charge >= 0.3 is 21.1 Å². The molecule has 5 heterocycles. The largest absolute Gasteiger partial charge is 2.00 e. The second-order valence-electron chi connectivity index (χ2n) is 10.8. The molecule has 0 saturated heterocycles. The second kappa shape index (κ2) is 10.0. The zero-order valence-corrected chi connectivity index (χ0v) is 26.0. The summed E-state index contributed by atoms with van der Waals surface area (Å²) in [6.45, 7) is 4.15. The quantitative estimate of drug-likeness (QED) is 0.134. The Morgan fingerprint density at radius 1 is 0.659 bits per heavy atom. The Morgan fingerprint density at radius 2 is 1.36 bits per heavy atom. The number of aromatic nitrogens is 5. The van der Waals surface area contributed by atoms with Gasteiger partial charge in [0.2, 0.25) is 0 Å². The van der Waals surface area contributed by atoms with Gasteiger partial charge < -0.3 is 13.5 Å². The molecule has 0 aliphatic rings. The molecule has 0 fully saturated rings. The summed E-state index contributed by atoms with van der Waals surface area (Å²) in [6.07, 6.45) is 3.89. The molecule has 0 saturated carbocycles. The van der Waals surface area contributed by atoms with E-state index < -0.39 is 0 Å². The van der Waals surface area contributed by atoms with E-state index in [0.29, 0.717) is 11.5 Å². The number of para-hydroxylation sites is 1. The monoisotopic (exact) mass is 748 g/mol. The summed E-state index contributed by atoms with van der Waals surface area (Å²) in [5.74, 6) is 1.18. The molecule has 0 spiro atoms. The van der Waals surface area contributed by atoms with Gasteiger partial charge in [-0.25, -0.2) is 0 Å². The Hall–Kier alpha value is -5.06. The molecular formula is C37H23N5OPt. The van der Waals surface area contributed by atoms with E-state index in [1.165, 1.54) is 0 Å². The average molecular weight is 749 g/mol. The molecule has 5 aromatic heterocycles. The van der Waals surface area contributed by atoms with Crippen LogP contribution in [0.2, 0.25) is 0 Å². The first-order valence-corrected chi connectivity index (χ1v) is 14.2. The predicted molar refractivity (Wildman–Crippen MR) is 171 cm³/mol. The van der Waals surface area contributed by atoms with Crippen LogP contribution in [-0.2, 0) is 21.1 Å². The van der Waals surface area contributed by atoms with E-state index in [-0.39, 0.29) is 21.1 Å². The Labute approximate surface area is 266 Å². The molecular weight excluding hydrogens is 726 g/mol. The minimum absolute atomic E-state index is 0. The number of ether oxygens (including phenoxy) is 1. The molecule has 44 heavy (non-hydrogen) atoms. The number of fused-ring (bicyclic) bond motifs is 12. The minimum Gasteiger partial charge on any atom is -0.497 e. The van der Waals surface area contributed by atoms with Gasteiger partial charge in [-0.05, 0) is 37.4 Å². The van der Waals surface area contributed by atoms with Crippen LogP contribution in [0.5, 0.6) is 11.5 Å². The molecule has 0 aliphatic carbocycles. The van der Waals surface area contributed by atoms with E-state index >= 15 is 0 Å². The first-order chi connectivity index (χ1) is 21.1. The number of rotatable bonds is 3. The van der Waals surface area contributed by atoms with Gasteiger partial charge in [0, 0.05) is 46.4 Å².